The Hall–Kier alpha value is -1.26. The van der Waals surface area contributed by atoms with Gasteiger partial charge in [0.05, 0.1) is 7.11 Å². The Kier molecular flexibility index (Phi) is 5.05. The quantitative estimate of drug-likeness (QED) is 0.880. The van der Waals surface area contributed by atoms with E-state index in [0.717, 1.165) is 36.6 Å². The van der Waals surface area contributed by atoms with E-state index in [-0.39, 0.29) is 12.7 Å². The largest absolute Gasteiger partial charge is 0.493 e. The van der Waals surface area contributed by atoms with Crippen LogP contribution in [-0.2, 0) is 6.42 Å². The van der Waals surface area contributed by atoms with Crippen molar-refractivity contribution in [3.05, 3.63) is 23.8 Å². The summed E-state index contributed by atoms with van der Waals surface area (Å²) in [6, 6.07) is 5.87. The molecule has 1 atom stereocenters. The summed E-state index contributed by atoms with van der Waals surface area (Å²) in [6.45, 7) is 2.25. The molecule has 0 saturated carbocycles. The van der Waals surface area contributed by atoms with E-state index in [1.54, 1.807) is 7.11 Å². The minimum atomic E-state index is 0.150. The fourth-order valence-corrected chi connectivity index (χ4v) is 2.49. The van der Waals surface area contributed by atoms with Gasteiger partial charge in [-0.2, -0.15) is 0 Å². The molecule has 0 bridgehead atoms. The second-order valence-corrected chi connectivity index (χ2v) is 5.10. The molecule has 0 radical (unpaired) electrons. The highest BCUT2D eigenvalue weighted by Crippen LogP contribution is 2.30. The Bertz CT molecular complexity index is 408. The molecular weight excluding hydrogens is 242 g/mol. The van der Waals surface area contributed by atoms with Crippen LogP contribution in [0.5, 0.6) is 11.5 Å². The highest BCUT2D eigenvalue weighted by atomic mass is 16.5. The molecule has 1 aromatic rings. The van der Waals surface area contributed by atoms with Crippen LogP contribution in [0.1, 0.15) is 18.4 Å². The third kappa shape index (κ3) is 3.85. The lowest BCUT2D eigenvalue weighted by Crippen LogP contribution is -2.38. The first-order valence-electron chi connectivity index (χ1n) is 6.86. The van der Waals surface area contributed by atoms with Crippen LogP contribution in [0.15, 0.2) is 18.2 Å². The molecule has 1 fully saturated rings. The maximum absolute atomic E-state index is 8.97. The highest BCUT2D eigenvalue weighted by molar-refractivity contribution is 5.43. The molecule has 1 saturated heterocycles. The van der Waals surface area contributed by atoms with Crippen molar-refractivity contribution in [3.8, 4) is 11.5 Å². The summed E-state index contributed by atoms with van der Waals surface area (Å²) < 4.78 is 11.4. The topological polar surface area (TPSA) is 41.9 Å². The number of methoxy groups -OCH3 is 1. The number of benzene rings is 1. The lowest BCUT2D eigenvalue weighted by molar-refractivity contribution is 0.101. The van der Waals surface area contributed by atoms with E-state index in [0.29, 0.717) is 6.42 Å². The van der Waals surface area contributed by atoms with Crippen LogP contribution in [0, 0.1) is 0 Å². The van der Waals surface area contributed by atoms with Gasteiger partial charge in [0.25, 0.3) is 0 Å². The summed E-state index contributed by atoms with van der Waals surface area (Å²) in [5, 5.41) is 8.97. The standard InChI is InChI=1S/C15H23NO3/c1-16-8-3-4-13(11-16)19-14-6-5-12(7-9-17)10-15(14)18-2/h5-6,10,13,17H,3-4,7-9,11H2,1-2H3. The Labute approximate surface area is 114 Å². The number of piperidine rings is 1. The van der Waals surface area contributed by atoms with E-state index in [4.69, 9.17) is 14.6 Å². The van der Waals surface area contributed by atoms with Gasteiger partial charge in [-0.1, -0.05) is 6.07 Å². The number of hydrogen-bond donors (Lipinski definition) is 1. The molecule has 19 heavy (non-hydrogen) atoms. The molecule has 1 aliphatic heterocycles. The van der Waals surface area contributed by atoms with Gasteiger partial charge in [-0.3, -0.25) is 0 Å². The van der Waals surface area contributed by atoms with Crippen LogP contribution in [0.4, 0.5) is 0 Å². The van der Waals surface area contributed by atoms with Crippen LogP contribution in [0.2, 0.25) is 0 Å². The smallest absolute Gasteiger partial charge is 0.161 e. The van der Waals surface area contributed by atoms with E-state index < -0.39 is 0 Å². The van der Waals surface area contributed by atoms with Crippen molar-refractivity contribution in [1.82, 2.24) is 4.90 Å². The van der Waals surface area contributed by atoms with E-state index in [1.165, 1.54) is 6.42 Å². The van der Waals surface area contributed by atoms with Crippen LogP contribution >= 0.6 is 0 Å². The van der Waals surface area contributed by atoms with Crippen LogP contribution in [0.25, 0.3) is 0 Å². The zero-order valence-corrected chi connectivity index (χ0v) is 11.8. The third-order valence-corrected chi connectivity index (χ3v) is 3.50. The fourth-order valence-electron chi connectivity index (χ4n) is 2.49. The number of aliphatic hydroxyl groups is 1. The normalized spacial score (nSPS) is 20.3. The number of likely N-dealkylation sites (tertiary alicyclic amines) is 1. The number of likely N-dealkylation sites (N-methyl/N-ethyl adjacent to an activating group) is 1. The zero-order chi connectivity index (χ0) is 13.7. The van der Waals surface area contributed by atoms with E-state index in [1.807, 2.05) is 18.2 Å². The van der Waals surface area contributed by atoms with Gasteiger partial charge in [0, 0.05) is 13.2 Å². The summed E-state index contributed by atoms with van der Waals surface area (Å²) in [5.41, 5.74) is 1.06. The Balaban J connectivity index is 2.06. The second kappa shape index (κ2) is 6.78. The number of nitrogens with zero attached hydrogens (tertiary/aromatic N) is 1. The van der Waals surface area contributed by atoms with E-state index in [9.17, 15) is 0 Å². The Morgan fingerprint density at radius 3 is 2.89 bits per heavy atom. The van der Waals surface area contributed by atoms with E-state index in [2.05, 4.69) is 11.9 Å². The molecule has 1 aromatic carbocycles. The second-order valence-electron chi connectivity index (χ2n) is 5.10. The SMILES string of the molecule is COc1cc(CCO)ccc1OC1CCCN(C)C1. The first kappa shape index (κ1) is 14.2. The molecule has 4 nitrogen and oxygen atoms in total. The van der Waals surface area contributed by atoms with Gasteiger partial charge in [0.1, 0.15) is 6.10 Å². The molecule has 106 valence electrons. The van der Waals surface area contributed by atoms with Crippen molar-refractivity contribution < 1.29 is 14.6 Å². The highest BCUT2D eigenvalue weighted by Gasteiger charge is 2.20. The summed E-state index contributed by atoms with van der Waals surface area (Å²) in [5.74, 6) is 1.55. The van der Waals surface area contributed by atoms with Crippen LogP contribution < -0.4 is 9.47 Å². The number of rotatable bonds is 5. The molecule has 4 heteroatoms. The van der Waals surface area contributed by atoms with Crippen molar-refractivity contribution in [2.45, 2.75) is 25.4 Å². The molecule has 0 aliphatic carbocycles. The maximum atomic E-state index is 8.97. The van der Waals surface area contributed by atoms with Gasteiger partial charge in [0.15, 0.2) is 11.5 Å². The van der Waals surface area contributed by atoms with Crippen molar-refractivity contribution >= 4 is 0 Å². The van der Waals surface area contributed by atoms with Crippen molar-refractivity contribution in [1.29, 1.82) is 0 Å². The molecule has 1 aliphatic rings. The molecular formula is C15H23NO3. The van der Waals surface area contributed by atoms with Crippen molar-refractivity contribution in [3.63, 3.8) is 0 Å². The lowest BCUT2D eigenvalue weighted by Gasteiger charge is -2.30. The first-order chi connectivity index (χ1) is 9.22. The maximum Gasteiger partial charge on any atom is 0.161 e. The summed E-state index contributed by atoms with van der Waals surface area (Å²) in [7, 11) is 3.77. The first-order valence-corrected chi connectivity index (χ1v) is 6.86. The summed E-state index contributed by atoms with van der Waals surface area (Å²) in [6.07, 6.45) is 3.14. The van der Waals surface area contributed by atoms with Crippen molar-refractivity contribution in [2.75, 3.05) is 33.9 Å². The van der Waals surface area contributed by atoms with Gasteiger partial charge < -0.3 is 19.5 Å². The average molecular weight is 265 g/mol. The summed E-state index contributed by atoms with van der Waals surface area (Å²) >= 11 is 0. The van der Waals surface area contributed by atoms with Crippen LogP contribution in [0.3, 0.4) is 0 Å². The van der Waals surface area contributed by atoms with E-state index >= 15 is 0 Å². The molecule has 0 aromatic heterocycles. The number of ether oxygens (including phenoxy) is 2. The fraction of sp³-hybridized carbons (Fsp3) is 0.600. The van der Waals surface area contributed by atoms with Gasteiger partial charge in [-0.05, 0) is 50.6 Å². The number of aliphatic hydroxyl groups excluding tert-OH is 1. The number of hydrogen-bond acceptors (Lipinski definition) is 4. The molecule has 0 amide bonds. The summed E-state index contributed by atoms with van der Waals surface area (Å²) in [4.78, 5) is 2.29. The van der Waals surface area contributed by atoms with Gasteiger partial charge in [-0.25, -0.2) is 0 Å². The van der Waals surface area contributed by atoms with Crippen LogP contribution in [-0.4, -0.2) is 50.0 Å². The predicted molar refractivity (Wildman–Crippen MR) is 74.9 cm³/mol. The molecule has 1 heterocycles. The molecule has 2 rings (SSSR count). The molecule has 1 unspecified atom stereocenters. The minimum absolute atomic E-state index is 0.150. The molecule has 0 spiro atoms. The monoisotopic (exact) mass is 265 g/mol. The molecule has 1 N–H and O–H groups in total. The van der Waals surface area contributed by atoms with Gasteiger partial charge >= 0.3 is 0 Å². The zero-order valence-electron chi connectivity index (χ0n) is 11.8. The van der Waals surface area contributed by atoms with Gasteiger partial charge in [-0.15, -0.1) is 0 Å². The average Bonchev–Trinajstić information content (AvgIpc) is 2.41. The Morgan fingerprint density at radius 1 is 1.37 bits per heavy atom. The lowest BCUT2D eigenvalue weighted by atomic mass is 10.1. The third-order valence-electron chi connectivity index (χ3n) is 3.50. The van der Waals surface area contributed by atoms with Gasteiger partial charge in [0.2, 0.25) is 0 Å². The Morgan fingerprint density at radius 2 is 2.21 bits per heavy atom. The van der Waals surface area contributed by atoms with Crippen molar-refractivity contribution in [2.24, 2.45) is 0 Å². The minimum Gasteiger partial charge on any atom is -0.493 e. The predicted octanol–water partition coefficient (Wildman–Crippen LogP) is 1.70.